The molecule has 0 spiro atoms. The molecular weight excluding hydrogens is 504 g/mol. The summed E-state index contributed by atoms with van der Waals surface area (Å²) < 4.78 is 47.2. The van der Waals surface area contributed by atoms with E-state index in [4.69, 9.17) is 14.2 Å². The molecule has 1 atom stereocenters. The number of aliphatic carboxylic acids is 1. The minimum absolute atomic E-state index is 0.0688. The normalized spacial score (nSPS) is 15.2. The van der Waals surface area contributed by atoms with Crippen LogP contribution < -0.4 is 9.47 Å². The Morgan fingerprint density at radius 3 is 2.54 bits per heavy atom. The van der Waals surface area contributed by atoms with Gasteiger partial charge in [-0.25, -0.2) is 13.8 Å². The minimum atomic E-state index is -0.972. The monoisotopic (exact) mass is 539 g/mol. The average Bonchev–Trinajstić information content (AvgIpc) is 3.41. The molecule has 1 aliphatic carbocycles. The van der Waals surface area contributed by atoms with Crippen molar-refractivity contribution in [3.05, 3.63) is 77.0 Å². The lowest BCUT2D eigenvalue weighted by molar-refractivity contribution is -0.137. The largest absolute Gasteiger partial charge is 0.486 e. The first-order valence-electron chi connectivity index (χ1n) is 13.3. The van der Waals surface area contributed by atoms with E-state index in [1.165, 1.54) is 7.11 Å². The molecule has 0 saturated heterocycles. The van der Waals surface area contributed by atoms with Gasteiger partial charge in [0.25, 0.3) is 0 Å². The van der Waals surface area contributed by atoms with Crippen molar-refractivity contribution in [3.63, 3.8) is 0 Å². The second-order valence-corrected chi connectivity index (χ2v) is 10.2. The van der Waals surface area contributed by atoms with Gasteiger partial charge in [-0.05, 0) is 53.5 Å². The number of carboxylic acids is 1. The van der Waals surface area contributed by atoms with Gasteiger partial charge in [0.15, 0.2) is 11.6 Å². The average molecular weight is 540 g/mol. The van der Waals surface area contributed by atoms with Crippen molar-refractivity contribution < 1.29 is 32.9 Å². The van der Waals surface area contributed by atoms with E-state index in [-0.39, 0.29) is 24.2 Å². The third-order valence-electron chi connectivity index (χ3n) is 7.71. The van der Waals surface area contributed by atoms with Crippen LogP contribution in [0.4, 0.5) is 8.78 Å². The van der Waals surface area contributed by atoms with Crippen molar-refractivity contribution in [2.45, 2.75) is 63.4 Å². The Hall–Kier alpha value is -3.52. The van der Waals surface area contributed by atoms with Crippen LogP contribution in [-0.4, -0.2) is 36.9 Å². The molecule has 2 aromatic carbocycles. The van der Waals surface area contributed by atoms with E-state index in [9.17, 15) is 9.90 Å². The molecule has 1 unspecified atom stereocenters. The van der Waals surface area contributed by atoms with Crippen LogP contribution >= 0.6 is 0 Å². The number of hydrogen-bond donors (Lipinski definition) is 1. The zero-order chi connectivity index (χ0) is 28.0. The molecule has 1 saturated carbocycles. The first-order valence-corrected chi connectivity index (χ1v) is 13.3. The van der Waals surface area contributed by atoms with E-state index in [1.807, 2.05) is 25.1 Å². The van der Waals surface area contributed by atoms with Gasteiger partial charge in [-0.3, -0.25) is 4.79 Å². The third-order valence-corrected chi connectivity index (χ3v) is 7.71. The number of nitrogens with zero attached hydrogens (tertiary/aromatic N) is 1. The number of rotatable bonds is 12. The molecule has 4 rings (SSSR count). The van der Waals surface area contributed by atoms with Crippen molar-refractivity contribution in [2.75, 3.05) is 20.8 Å². The van der Waals surface area contributed by atoms with Crippen LogP contribution in [0.15, 0.2) is 48.7 Å². The topological polar surface area (TPSA) is 77.9 Å². The Morgan fingerprint density at radius 1 is 1.10 bits per heavy atom. The molecule has 1 N–H and O–H groups in total. The van der Waals surface area contributed by atoms with E-state index in [0.29, 0.717) is 30.0 Å². The maximum Gasteiger partial charge on any atom is 0.303 e. The fraction of sp³-hybridized carbons (Fsp3) is 0.419. The molecule has 208 valence electrons. The van der Waals surface area contributed by atoms with Crippen molar-refractivity contribution in [2.24, 2.45) is 0 Å². The van der Waals surface area contributed by atoms with E-state index >= 15 is 8.78 Å². The highest BCUT2D eigenvalue weighted by Gasteiger charge is 2.38. The Labute approximate surface area is 227 Å². The summed E-state index contributed by atoms with van der Waals surface area (Å²) in [7, 11) is 3.17. The molecule has 0 amide bonds. The quantitative estimate of drug-likeness (QED) is 0.266. The Morgan fingerprint density at radius 2 is 1.87 bits per heavy atom. The van der Waals surface area contributed by atoms with Crippen LogP contribution in [0.2, 0.25) is 0 Å². The fourth-order valence-corrected chi connectivity index (χ4v) is 5.71. The van der Waals surface area contributed by atoms with Gasteiger partial charge in [-0.15, -0.1) is 0 Å². The molecule has 0 aliphatic heterocycles. The van der Waals surface area contributed by atoms with Crippen LogP contribution in [-0.2, 0) is 21.6 Å². The molecule has 0 radical (unpaired) electrons. The first-order chi connectivity index (χ1) is 18.8. The van der Waals surface area contributed by atoms with E-state index in [1.54, 1.807) is 31.4 Å². The highest BCUT2D eigenvalue weighted by molar-refractivity contribution is 5.71. The molecule has 3 aromatic rings. The number of methoxy groups -OCH3 is 2. The second-order valence-electron chi connectivity index (χ2n) is 10.2. The number of halogens is 2. The summed E-state index contributed by atoms with van der Waals surface area (Å²) in [6.45, 7) is 2.42. The predicted octanol–water partition coefficient (Wildman–Crippen LogP) is 7.04. The van der Waals surface area contributed by atoms with Gasteiger partial charge in [0.2, 0.25) is 5.88 Å². The molecule has 1 fully saturated rings. The van der Waals surface area contributed by atoms with Gasteiger partial charge in [0.05, 0.1) is 26.3 Å². The number of carbonyl (C=O) groups is 1. The summed E-state index contributed by atoms with van der Waals surface area (Å²) in [6, 6.07) is 12.2. The standard InChI is InChI=1S/C31H35F2NO5/c1-4-21(15-29(35)36)22-8-7-9-27(30(22)33)39-18-20-10-11-23(24-16-28(38-3)34-17-26(24)32)25(14-20)31(19-37-2)12-5-6-13-31/h7-11,14,16-17,21H,4-6,12-13,15,18-19H2,1-3H3,(H,35,36). The Bertz CT molecular complexity index is 1310. The lowest BCUT2D eigenvalue weighted by atomic mass is 9.75. The lowest BCUT2D eigenvalue weighted by Gasteiger charge is -2.32. The van der Waals surface area contributed by atoms with Crippen molar-refractivity contribution in [3.8, 4) is 22.8 Å². The fourth-order valence-electron chi connectivity index (χ4n) is 5.71. The molecule has 1 aliphatic rings. The summed E-state index contributed by atoms with van der Waals surface area (Å²) in [6.07, 6.45) is 5.39. The van der Waals surface area contributed by atoms with E-state index in [0.717, 1.165) is 48.6 Å². The number of benzene rings is 2. The van der Waals surface area contributed by atoms with Crippen molar-refractivity contribution >= 4 is 5.97 Å². The summed E-state index contributed by atoms with van der Waals surface area (Å²) in [5.74, 6) is -2.02. The smallest absolute Gasteiger partial charge is 0.303 e. The molecule has 1 heterocycles. The molecule has 6 nitrogen and oxygen atoms in total. The van der Waals surface area contributed by atoms with Crippen LogP contribution in [0, 0.1) is 11.6 Å². The van der Waals surface area contributed by atoms with Crippen molar-refractivity contribution in [1.29, 1.82) is 0 Å². The number of carboxylic acid groups (broad SMARTS) is 1. The first kappa shape index (κ1) is 28.5. The van der Waals surface area contributed by atoms with Gasteiger partial charge in [0.1, 0.15) is 12.4 Å². The lowest BCUT2D eigenvalue weighted by Crippen LogP contribution is -2.29. The summed E-state index contributed by atoms with van der Waals surface area (Å²) in [5.41, 5.74) is 2.94. The Kier molecular flexibility index (Phi) is 9.17. The van der Waals surface area contributed by atoms with Gasteiger partial charge < -0.3 is 19.3 Å². The summed E-state index contributed by atoms with van der Waals surface area (Å²) >= 11 is 0. The molecular formula is C31H35F2NO5. The van der Waals surface area contributed by atoms with Gasteiger partial charge in [-0.2, -0.15) is 0 Å². The summed E-state index contributed by atoms with van der Waals surface area (Å²) in [5, 5.41) is 9.22. The Balaban J connectivity index is 1.70. The molecule has 0 bridgehead atoms. The molecule has 8 heteroatoms. The van der Waals surface area contributed by atoms with Crippen molar-refractivity contribution in [1.82, 2.24) is 4.98 Å². The highest BCUT2D eigenvalue weighted by Crippen LogP contribution is 2.46. The zero-order valence-corrected chi connectivity index (χ0v) is 22.6. The van der Waals surface area contributed by atoms with Gasteiger partial charge in [0, 0.05) is 24.2 Å². The second kappa shape index (κ2) is 12.6. The number of aromatic nitrogens is 1. The maximum atomic E-state index is 15.4. The van der Waals surface area contributed by atoms with Crippen LogP contribution in [0.25, 0.3) is 11.1 Å². The van der Waals surface area contributed by atoms with Gasteiger partial charge >= 0.3 is 5.97 Å². The summed E-state index contributed by atoms with van der Waals surface area (Å²) in [4.78, 5) is 15.2. The zero-order valence-electron chi connectivity index (χ0n) is 22.6. The molecule has 1 aromatic heterocycles. The molecule has 39 heavy (non-hydrogen) atoms. The number of hydrogen-bond acceptors (Lipinski definition) is 5. The number of ether oxygens (including phenoxy) is 3. The number of pyridine rings is 1. The van der Waals surface area contributed by atoms with Crippen LogP contribution in [0.1, 0.15) is 68.1 Å². The van der Waals surface area contributed by atoms with Gasteiger partial charge in [-0.1, -0.05) is 50.1 Å². The third kappa shape index (κ3) is 6.22. The predicted molar refractivity (Wildman–Crippen MR) is 144 cm³/mol. The maximum absolute atomic E-state index is 15.4. The SMILES string of the molecule is CCC(CC(=O)O)c1cccc(OCc2ccc(-c3cc(OC)ncc3F)c(C3(COC)CCCC3)c2)c1F. The van der Waals surface area contributed by atoms with E-state index in [2.05, 4.69) is 4.98 Å². The highest BCUT2D eigenvalue weighted by atomic mass is 19.1. The van der Waals surface area contributed by atoms with Crippen LogP contribution in [0.3, 0.4) is 0 Å². The van der Waals surface area contributed by atoms with Crippen LogP contribution in [0.5, 0.6) is 11.6 Å². The van der Waals surface area contributed by atoms with E-state index < -0.39 is 23.5 Å². The minimum Gasteiger partial charge on any atom is -0.486 e.